The lowest BCUT2D eigenvalue weighted by molar-refractivity contribution is 0.549. The third kappa shape index (κ3) is 3.25. The second-order valence-corrected chi connectivity index (χ2v) is 7.97. The van der Waals surface area contributed by atoms with Crippen molar-refractivity contribution in [1.29, 1.82) is 0 Å². The van der Waals surface area contributed by atoms with Crippen LogP contribution in [0.15, 0.2) is 91.2 Å². The Morgan fingerprint density at radius 1 is 0.781 bits per heavy atom. The van der Waals surface area contributed by atoms with Crippen LogP contribution in [0.25, 0.3) is 44.2 Å². The predicted octanol–water partition coefficient (Wildman–Crippen LogP) is 6.49. The third-order valence-corrected chi connectivity index (χ3v) is 5.88. The summed E-state index contributed by atoms with van der Waals surface area (Å²) in [6.45, 7) is 3.98. The van der Waals surface area contributed by atoms with Gasteiger partial charge in [-0.05, 0) is 47.2 Å². The van der Waals surface area contributed by atoms with Crippen LogP contribution in [0.4, 0.5) is 0 Å². The van der Waals surface area contributed by atoms with E-state index in [9.17, 15) is 9.59 Å². The standard InChI is InChI=1S/C28H22O4/c1-3-10-20-15-22-21(18-11-6-4-7-12-18)16-23(29)31-27(22)25-17(2)24(28(30)32-26(20)25)19-13-8-5-9-14-19/h4-9,11-16H,3,10H2,1-2H3. The highest BCUT2D eigenvalue weighted by Gasteiger charge is 2.21. The quantitative estimate of drug-likeness (QED) is 0.245. The number of rotatable bonds is 4. The van der Waals surface area contributed by atoms with Crippen molar-refractivity contribution in [3.63, 3.8) is 0 Å². The average molecular weight is 422 g/mol. The Balaban J connectivity index is 1.99. The molecule has 0 aliphatic carbocycles. The van der Waals surface area contributed by atoms with E-state index in [4.69, 9.17) is 8.83 Å². The summed E-state index contributed by atoms with van der Waals surface area (Å²) in [6, 6.07) is 22.8. The van der Waals surface area contributed by atoms with Gasteiger partial charge >= 0.3 is 11.3 Å². The van der Waals surface area contributed by atoms with Crippen LogP contribution in [0.2, 0.25) is 0 Å². The van der Waals surface area contributed by atoms with Gasteiger partial charge in [-0.25, -0.2) is 9.59 Å². The van der Waals surface area contributed by atoms with Gasteiger partial charge in [0.05, 0.1) is 10.9 Å². The fraction of sp³-hybridized carbons (Fsp3) is 0.143. The van der Waals surface area contributed by atoms with E-state index in [1.54, 1.807) is 0 Å². The van der Waals surface area contributed by atoms with Crippen LogP contribution in [0.1, 0.15) is 24.5 Å². The minimum Gasteiger partial charge on any atom is -0.422 e. The molecule has 2 aromatic heterocycles. The van der Waals surface area contributed by atoms with Crippen molar-refractivity contribution < 1.29 is 8.83 Å². The zero-order valence-electron chi connectivity index (χ0n) is 18.0. The molecule has 4 heteroatoms. The molecule has 0 aliphatic heterocycles. The average Bonchev–Trinajstić information content (AvgIpc) is 2.80. The molecule has 0 amide bonds. The lowest BCUT2D eigenvalue weighted by atomic mass is 9.93. The Morgan fingerprint density at radius 2 is 1.44 bits per heavy atom. The van der Waals surface area contributed by atoms with Crippen LogP contribution in [-0.4, -0.2) is 0 Å². The van der Waals surface area contributed by atoms with Gasteiger partial charge in [-0.1, -0.05) is 74.0 Å². The van der Waals surface area contributed by atoms with E-state index in [1.165, 1.54) is 6.07 Å². The number of hydrogen-bond donors (Lipinski definition) is 0. The first-order chi connectivity index (χ1) is 15.6. The topological polar surface area (TPSA) is 60.4 Å². The zero-order valence-corrected chi connectivity index (χ0v) is 18.0. The first-order valence-electron chi connectivity index (χ1n) is 10.8. The molecule has 5 aromatic rings. The monoisotopic (exact) mass is 422 g/mol. The van der Waals surface area contributed by atoms with Crippen molar-refractivity contribution in [2.75, 3.05) is 0 Å². The summed E-state index contributed by atoms with van der Waals surface area (Å²) in [4.78, 5) is 25.6. The van der Waals surface area contributed by atoms with Gasteiger partial charge in [-0.2, -0.15) is 0 Å². The molecule has 0 aliphatic rings. The third-order valence-electron chi connectivity index (χ3n) is 5.88. The largest absolute Gasteiger partial charge is 0.422 e. The maximum absolute atomic E-state index is 13.0. The van der Waals surface area contributed by atoms with E-state index in [-0.39, 0.29) is 5.63 Å². The highest BCUT2D eigenvalue weighted by molar-refractivity contribution is 6.10. The molecule has 5 rings (SSSR count). The van der Waals surface area contributed by atoms with Crippen molar-refractivity contribution >= 4 is 21.9 Å². The fourth-order valence-electron chi connectivity index (χ4n) is 4.47. The minimum absolute atomic E-state index is 0.389. The van der Waals surface area contributed by atoms with Gasteiger partial charge in [0.1, 0.15) is 11.2 Å². The normalized spacial score (nSPS) is 11.3. The van der Waals surface area contributed by atoms with Gasteiger partial charge in [0.2, 0.25) is 0 Å². The molecule has 4 nitrogen and oxygen atoms in total. The second kappa shape index (κ2) is 7.97. The Labute approximate surface area is 184 Å². The van der Waals surface area contributed by atoms with E-state index in [2.05, 4.69) is 6.92 Å². The van der Waals surface area contributed by atoms with Crippen LogP contribution >= 0.6 is 0 Å². The van der Waals surface area contributed by atoms with Gasteiger partial charge < -0.3 is 8.83 Å². The molecule has 0 saturated carbocycles. The molecule has 0 bridgehead atoms. The number of aryl methyl sites for hydroxylation is 2. The van der Waals surface area contributed by atoms with Crippen molar-refractivity contribution in [1.82, 2.24) is 0 Å². The molecule has 3 aromatic carbocycles. The van der Waals surface area contributed by atoms with Crippen molar-refractivity contribution in [2.45, 2.75) is 26.7 Å². The molecule has 0 atom stereocenters. The van der Waals surface area contributed by atoms with Crippen LogP contribution in [0.5, 0.6) is 0 Å². The Hall–Kier alpha value is -3.92. The number of fused-ring (bicyclic) bond motifs is 3. The molecule has 158 valence electrons. The van der Waals surface area contributed by atoms with Crippen LogP contribution in [0, 0.1) is 6.92 Å². The Bertz CT molecular complexity index is 1560. The van der Waals surface area contributed by atoms with Crippen LogP contribution in [-0.2, 0) is 6.42 Å². The number of hydrogen-bond acceptors (Lipinski definition) is 4. The van der Waals surface area contributed by atoms with Crippen LogP contribution in [0.3, 0.4) is 0 Å². The molecule has 0 spiro atoms. The van der Waals surface area contributed by atoms with E-state index in [1.807, 2.05) is 73.7 Å². The van der Waals surface area contributed by atoms with E-state index in [0.717, 1.165) is 46.0 Å². The summed E-state index contributed by atoms with van der Waals surface area (Å²) < 4.78 is 11.7. The molecule has 2 heterocycles. The second-order valence-electron chi connectivity index (χ2n) is 7.97. The summed E-state index contributed by atoms with van der Waals surface area (Å²) in [6.07, 6.45) is 1.63. The Morgan fingerprint density at radius 3 is 2.09 bits per heavy atom. The van der Waals surface area contributed by atoms with E-state index >= 15 is 0 Å². The van der Waals surface area contributed by atoms with Gasteiger partial charge in [-0.15, -0.1) is 0 Å². The van der Waals surface area contributed by atoms with E-state index in [0.29, 0.717) is 22.1 Å². The maximum atomic E-state index is 13.0. The number of benzene rings is 3. The molecular weight excluding hydrogens is 400 g/mol. The molecule has 0 saturated heterocycles. The first-order valence-corrected chi connectivity index (χ1v) is 10.8. The molecule has 32 heavy (non-hydrogen) atoms. The zero-order chi connectivity index (χ0) is 22.2. The lowest BCUT2D eigenvalue weighted by Gasteiger charge is -2.14. The highest BCUT2D eigenvalue weighted by Crippen LogP contribution is 2.37. The van der Waals surface area contributed by atoms with Crippen LogP contribution < -0.4 is 11.3 Å². The summed E-state index contributed by atoms with van der Waals surface area (Å²) in [5.41, 5.74) is 4.80. The SMILES string of the molecule is CCCc1cc2c(-c3ccccc3)cc(=O)oc2c2c(C)c(-c3ccccc3)c(=O)oc12. The molecule has 0 N–H and O–H groups in total. The maximum Gasteiger partial charge on any atom is 0.344 e. The van der Waals surface area contributed by atoms with Gasteiger partial charge in [0.15, 0.2) is 0 Å². The summed E-state index contributed by atoms with van der Waals surface area (Å²) in [5, 5.41) is 1.52. The smallest absolute Gasteiger partial charge is 0.344 e. The molecule has 0 fully saturated rings. The summed E-state index contributed by atoms with van der Waals surface area (Å²) >= 11 is 0. The minimum atomic E-state index is -0.437. The van der Waals surface area contributed by atoms with Gasteiger partial charge in [-0.3, -0.25) is 0 Å². The van der Waals surface area contributed by atoms with E-state index < -0.39 is 5.63 Å². The summed E-state index contributed by atoms with van der Waals surface area (Å²) in [7, 11) is 0. The Kier molecular flexibility index (Phi) is 4.98. The fourth-order valence-corrected chi connectivity index (χ4v) is 4.47. The van der Waals surface area contributed by atoms with Crippen molar-refractivity contribution in [3.8, 4) is 22.3 Å². The summed E-state index contributed by atoms with van der Waals surface area (Å²) in [5.74, 6) is 0. The molecule has 0 radical (unpaired) electrons. The highest BCUT2D eigenvalue weighted by atomic mass is 16.4. The first kappa shape index (κ1) is 20.0. The molecular formula is C28H22O4. The lowest BCUT2D eigenvalue weighted by Crippen LogP contribution is -2.08. The molecule has 0 unspecified atom stereocenters. The van der Waals surface area contributed by atoms with Gasteiger partial charge in [0, 0.05) is 11.5 Å². The van der Waals surface area contributed by atoms with Crippen molar-refractivity contribution in [3.05, 3.63) is 105 Å². The predicted molar refractivity (Wildman–Crippen MR) is 128 cm³/mol. The van der Waals surface area contributed by atoms with Crippen molar-refractivity contribution in [2.24, 2.45) is 0 Å². The van der Waals surface area contributed by atoms with Gasteiger partial charge in [0.25, 0.3) is 0 Å².